The molecule has 4 heteroatoms. The molecule has 84 valence electrons. The fourth-order valence-electron chi connectivity index (χ4n) is 1.56. The Labute approximate surface area is 114 Å². The molecular formula is C12H8Cl4. The number of rotatable bonds is 2. The normalized spacial score (nSPS) is 11.6. The second-order valence-corrected chi connectivity index (χ2v) is 5.66. The molecule has 0 radical (unpaired) electrons. The standard InChI is InChI=1S/C12H8Cl4/c13-11(14)8-3-1-7-2-4-9(12(15)16)6-10(7)5-8/h1-6,11-12H. The van der Waals surface area contributed by atoms with E-state index < -0.39 is 9.67 Å². The molecule has 0 aliphatic heterocycles. The van der Waals surface area contributed by atoms with Crippen LogP contribution in [0.1, 0.15) is 20.8 Å². The van der Waals surface area contributed by atoms with Crippen LogP contribution in [0.15, 0.2) is 36.4 Å². The lowest BCUT2D eigenvalue weighted by Gasteiger charge is -2.07. The van der Waals surface area contributed by atoms with Crippen molar-refractivity contribution in [2.45, 2.75) is 9.67 Å². The molecule has 0 N–H and O–H groups in total. The van der Waals surface area contributed by atoms with E-state index in [0.29, 0.717) is 0 Å². The zero-order valence-electron chi connectivity index (χ0n) is 8.13. The van der Waals surface area contributed by atoms with Crippen LogP contribution in [-0.4, -0.2) is 0 Å². The van der Waals surface area contributed by atoms with E-state index in [9.17, 15) is 0 Å². The molecule has 0 unspecified atom stereocenters. The van der Waals surface area contributed by atoms with Gasteiger partial charge in [0.1, 0.15) is 9.67 Å². The Kier molecular flexibility index (Phi) is 3.86. The van der Waals surface area contributed by atoms with Gasteiger partial charge in [0.05, 0.1) is 0 Å². The van der Waals surface area contributed by atoms with Gasteiger partial charge in [-0.3, -0.25) is 0 Å². The van der Waals surface area contributed by atoms with E-state index in [4.69, 9.17) is 46.4 Å². The van der Waals surface area contributed by atoms with Gasteiger partial charge >= 0.3 is 0 Å². The Bertz CT molecular complexity index is 463. The Morgan fingerprint density at radius 3 is 1.44 bits per heavy atom. The van der Waals surface area contributed by atoms with Gasteiger partial charge in [0.15, 0.2) is 0 Å². The van der Waals surface area contributed by atoms with Gasteiger partial charge in [0.25, 0.3) is 0 Å². The molecule has 2 aromatic rings. The van der Waals surface area contributed by atoms with E-state index in [0.717, 1.165) is 21.9 Å². The molecule has 0 amide bonds. The minimum Gasteiger partial charge on any atom is -0.100 e. The van der Waals surface area contributed by atoms with Gasteiger partial charge in [-0.1, -0.05) is 24.3 Å². The molecule has 2 aromatic carbocycles. The highest BCUT2D eigenvalue weighted by Gasteiger charge is 2.07. The zero-order valence-corrected chi connectivity index (χ0v) is 11.2. The van der Waals surface area contributed by atoms with Gasteiger partial charge in [-0.2, -0.15) is 0 Å². The summed E-state index contributed by atoms with van der Waals surface area (Å²) in [6, 6.07) is 11.7. The summed E-state index contributed by atoms with van der Waals surface area (Å²) < 4.78 is 0. The van der Waals surface area contributed by atoms with Crippen molar-refractivity contribution in [1.29, 1.82) is 0 Å². The molecule has 0 bridgehead atoms. The summed E-state index contributed by atoms with van der Waals surface area (Å²) >= 11 is 23.3. The van der Waals surface area contributed by atoms with E-state index in [-0.39, 0.29) is 0 Å². The van der Waals surface area contributed by atoms with Crippen LogP contribution in [0.3, 0.4) is 0 Å². The van der Waals surface area contributed by atoms with Crippen LogP contribution in [0.2, 0.25) is 0 Å². The van der Waals surface area contributed by atoms with Crippen LogP contribution < -0.4 is 0 Å². The molecule has 0 aromatic heterocycles. The molecule has 0 aliphatic carbocycles. The van der Waals surface area contributed by atoms with Crippen molar-refractivity contribution in [2.24, 2.45) is 0 Å². The molecule has 0 saturated carbocycles. The van der Waals surface area contributed by atoms with Crippen molar-refractivity contribution >= 4 is 57.2 Å². The molecular weight excluding hydrogens is 286 g/mol. The van der Waals surface area contributed by atoms with Crippen molar-refractivity contribution < 1.29 is 0 Å². The molecule has 0 spiro atoms. The van der Waals surface area contributed by atoms with Gasteiger partial charge in [0, 0.05) is 0 Å². The minimum atomic E-state index is -0.518. The molecule has 0 heterocycles. The third-order valence-electron chi connectivity index (χ3n) is 2.39. The first-order valence-electron chi connectivity index (χ1n) is 4.68. The molecule has 0 nitrogen and oxygen atoms in total. The number of benzene rings is 2. The molecule has 0 saturated heterocycles. The van der Waals surface area contributed by atoms with Gasteiger partial charge in [-0.15, -0.1) is 46.4 Å². The summed E-state index contributed by atoms with van der Waals surface area (Å²) in [5.41, 5.74) is 1.74. The molecule has 16 heavy (non-hydrogen) atoms. The molecule has 0 fully saturated rings. The summed E-state index contributed by atoms with van der Waals surface area (Å²) in [7, 11) is 0. The van der Waals surface area contributed by atoms with Gasteiger partial charge in [-0.25, -0.2) is 0 Å². The predicted octanol–water partition coefficient (Wildman–Crippen LogP) is 5.79. The maximum Gasteiger partial charge on any atom is 0.132 e. The number of hydrogen-bond acceptors (Lipinski definition) is 0. The Hall–Kier alpha value is -0.140. The molecule has 0 atom stereocenters. The van der Waals surface area contributed by atoms with Crippen molar-refractivity contribution in [3.8, 4) is 0 Å². The quantitative estimate of drug-likeness (QED) is 0.615. The van der Waals surface area contributed by atoms with Crippen molar-refractivity contribution in [3.63, 3.8) is 0 Å². The predicted molar refractivity (Wildman–Crippen MR) is 72.8 cm³/mol. The van der Waals surface area contributed by atoms with Gasteiger partial charge in [0.2, 0.25) is 0 Å². The number of fused-ring (bicyclic) bond motifs is 1. The van der Waals surface area contributed by atoms with Crippen LogP contribution in [-0.2, 0) is 0 Å². The van der Waals surface area contributed by atoms with E-state index in [2.05, 4.69) is 0 Å². The summed E-state index contributed by atoms with van der Waals surface area (Å²) in [6.07, 6.45) is 0. The van der Waals surface area contributed by atoms with Crippen molar-refractivity contribution in [1.82, 2.24) is 0 Å². The lowest BCUT2D eigenvalue weighted by molar-refractivity contribution is 1.35. The smallest absolute Gasteiger partial charge is 0.100 e. The second-order valence-electron chi connectivity index (χ2n) is 3.47. The van der Waals surface area contributed by atoms with Crippen molar-refractivity contribution in [2.75, 3.05) is 0 Å². The molecule has 2 rings (SSSR count). The third kappa shape index (κ3) is 2.57. The third-order valence-corrected chi connectivity index (χ3v) is 3.40. The van der Waals surface area contributed by atoms with Crippen LogP contribution in [0.25, 0.3) is 10.8 Å². The minimum absolute atomic E-state index is 0.518. The first-order valence-corrected chi connectivity index (χ1v) is 6.42. The number of alkyl halides is 4. The lowest BCUT2D eigenvalue weighted by atomic mass is 10.1. The SMILES string of the molecule is ClC(Cl)c1ccc2ccc(C(Cl)Cl)cc2c1. The summed E-state index contributed by atoms with van der Waals surface area (Å²) in [4.78, 5) is -1.04. The maximum absolute atomic E-state index is 5.82. The monoisotopic (exact) mass is 292 g/mol. The average Bonchev–Trinajstić information content (AvgIpc) is 2.27. The number of halogens is 4. The summed E-state index contributed by atoms with van der Waals surface area (Å²) in [5.74, 6) is 0. The van der Waals surface area contributed by atoms with E-state index >= 15 is 0 Å². The Morgan fingerprint density at radius 1 is 0.625 bits per heavy atom. The summed E-state index contributed by atoms with van der Waals surface area (Å²) in [5, 5.41) is 2.14. The van der Waals surface area contributed by atoms with Gasteiger partial charge in [-0.05, 0) is 34.0 Å². The van der Waals surface area contributed by atoms with Crippen LogP contribution >= 0.6 is 46.4 Å². The fraction of sp³-hybridized carbons (Fsp3) is 0.167. The highest BCUT2D eigenvalue weighted by atomic mass is 35.5. The highest BCUT2D eigenvalue weighted by molar-refractivity contribution is 6.44. The highest BCUT2D eigenvalue weighted by Crippen LogP contribution is 2.31. The second kappa shape index (κ2) is 5.01. The number of hydrogen-bond donors (Lipinski definition) is 0. The Morgan fingerprint density at radius 2 is 1.06 bits per heavy atom. The summed E-state index contributed by atoms with van der Waals surface area (Å²) in [6.45, 7) is 0. The zero-order chi connectivity index (χ0) is 11.7. The first kappa shape index (κ1) is 12.3. The van der Waals surface area contributed by atoms with Crippen molar-refractivity contribution in [3.05, 3.63) is 47.5 Å². The van der Waals surface area contributed by atoms with Crippen LogP contribution in [0.5, 0.6) is 0 Å². The average molecular weight is 294 g/mol. The Balaban J connectivity index is 2.56. The van der Waals surface area contributed by atoms with Gasteiger partial charge < -0.3 is 0 Å². The van der Waals surface area contributed by atoms with E-state index in [1.807, 2.05) is 36.4 Å². The van der Waals surface area contributed by atoms with E-state index in [1.54, 1.807) is 0 Å². The maximum atomic E-state index is 5.82. The van der Waals surface area contributed by atoms with Crippen LogP contribution in [0, 0.1) is 0 Å². The lowest BCUT2D eigenvalue weighted by Crippen LogP contribution is -1.85. The topological polar surface area (TPSA) is 0 Å². The van der Waals surface area contributed by atoms with E-state index in [1.165, 1.54) is 0 Å². The first-order chi connectivity index (χ1) is 7.58. The largest absolute Gasteiger partial charge is 0.132 e. The molecule has 0 aliphatic rings. The fourth-order valence-corrected chi connectivity index (χ4v) is 2.10. The van der Waals surface area contributed by atoms with Crippen LogP contribution in [0.4, 0.5) is 0 Å².